The van der Waals surface area contributed by atoms with Gasteiger partial charge in [-0.15, -0.1) is 0 Å². The molecule has 6 nitrogen and oxygen atoms in total. The van der Waals surface area contributed by atoms with E-state index < -0.39 is 10.0 Å². The first-order valence-electron chi connectivity index (χ1n) is 10.5. The van der Waals surface area contributed by atoms with Crippen LogP contribution in [0.4, 0.5) is 0 Å². The summed E-state index contributed by atoms with van der Waals surface area (Å²) >= 11 is 0. The van der Waals surface area contributed by atoms with Gasteiger partial charge in [0, 0.05) is 26.2 Å². The normalized spacial score (nSPS) is 22.1. The highest BCUT2D eigenvalue weighted by atomic mass is 32.2. The molecule has 2 heterocycles. The van der Waals surface area contributed by atoms with Gasteiger partial charge in [-0.1, -0.05) is 30.7 Å². The molecule has 1 atom stereocenters. The van der Waals surface area contributed by atoms with Crippen molar-refractivity contribution in [1.82, 2.24) is 14.5 Å². The quantitative estimate of drug-likeness (QED) is 0.753. The number of nitrogens with one attached hydrogen (secondary N) is 1. The summed E-state index contributed by atoms with van der Waals surface area (Å²) < 4.78 is 25.7. The molecule has 1 N–H and O–H groups in total. The second kappa shape index (κ2) is 9.85. The highest BCUT2D eigenvalue weighted by molar-refractivity contribution is 7.89. The average molecular weight is 408 g/mol. The molecule has 2 aliphatic rings. The predicted octanol–water partition coefficient (Wildman–Crippen LogP) is 2.35. The zero-order valence-electron chi connectivity index (χ0n) is 16.9. The van der Waals surface area contributed by atoms with Gasteiger partial charge in [-0.25, -0.2) is 12.7 Å². The SMILES string of the molecule is CCS(=O)(=O)N1CCC[C@H](C(=O)NCc2ccccc2CN2CCCCC2)C1. The standard InChI is InChI=1S/C21H33N3O3S/c1-2-28(26,27)24-14-8-11-20(17-24)21(25)22-15-18-9-4-5-10-19(18)16-23-12-6-3-7-13-23/h4-5,9-10,20H,2-3,6-8,11-17H2,1H3,(H,22,25)/t20-/m0/s1. The summed E-state index contributed by atoms with van der Waals surface area (Å²) in [5.74, 6) is -0.210. The van der Waals surface area contributed by atoms with Crippen LogP contribution in [-0.4, -0.2) is 55.5 Å². The maximum absolute atomic E-state index is 12.7. The molecule has 0 saturated carbocycles. The number of carbonyl (C=O) groups is 1. The number of carbonyl (C=O) groups excluding carboxylic acids is 1. The minimum Gasteiger partial charge on any atom is -0.352 e. The van der Waals surface area contributed by atoms with Crippen LogP contribution >= 0.6 is 0 Å². The zero-order valence-corrected chi connectivity index (χ0v) is 17.7. The molecule has 0 bridgehead atoms. The molecule has 1 aromatic rings. The third-order valence-corrected chi connectivity index (χ3v) is 7.78. The third kappa shape index (κ3) is 5.55. The van der Waals surface area contributed by atoms with Crippen molar-refractivity contribution < 1.29 is 13.2 Å². The average Bonchev–Trinajstić information content (AvgIpc) is 2.73. The van der Waals surface area contributed by atoms with E-state index in [1.165, 1.54) is 29.1 Å². The lowest BCUT2D eigenvalue weighted by Gasteiger charge is -2.31. The number of benzene rings is 1. The second-order valence-corrected chi connectivity index (χ2v) is 10.2. The Hall–Kier alpha value is -1.44. The Morgan fingerprint density at radius 3 is 2.50 bits per heavy atom. The Morgan fingerprint density at radius 2 is 1.79 bits per heavy atom. The topological polar surface area (TPSA) is 69.7 Å². The summed E-state index contributed by atoms with van der Waals surface area (Å²) in [6.45, 7) is 6.20. The van der Waals surface area contributed by atoms with Gasteiger partial charge >= 0.3 is 0 Å². The van der Waals surface area contributed by atoms with Crippen LogP contribution in [0.3, 0.4) is 0 Å². The Bertz CT molecular complexity index is 760. The van der Waals surface area contributed by atoms with E-state index in [-0.39, 0.29) is 17.6 Å². The van der Waals surface area contributed by atoms with E-state index in [2.05, 4.69) is 28.4 Å². The largest absolute Gasteiger partial charge is 0.352 e. The lowest BCUT2D eigenvalue weighted by molar-refractivity contribution is -0.126. The van der Waals surface area contributed by atoms with E-state index in [0.717, 1.165) is 38.0 Å². The van der Waals surface area contributed by atoms with Gasteiger partial charge in [0.05, 0.1) is 11.7 Å². The van der Waals surface area contributed by atoms with Crippen molar-refractivity contribution in [3.63, 3.8) is 0 Å². The van der Waals surface area contributed by atoms with Crippen LogP contribution in [0.5, 0.6) is 0 Å². The molecule has 156 valence electrons. The Kier molecular flexibility index (Phi) is 7.48. The van der Waals surface area contributed by atoms with Crippen LogP contribution < -0.4 is 5.32 Å². The maximum atomic E-state index is 12.7. The number of nitrogens with zero attached hydrogens (tertiary/aromatic N) is 2. The Morgan fingerprint density at radius 1 is 1.07 bits per heavy atom. The van der Waals surface area contributed by atoms with Crippen molar-refractivity contribution in [2.45, 2.75) is 52.1 Å². The van der Waals surface area contributed by atoms with Crippen molar-refractivity contribution in [3.05, 3.63) is 35.4 Å². The maximum Gasteiger partial charge on any atom is 0.224 e. The summed E-state index contributed by atoms with van der Waals surface area (Å²) in [4.78, 5) is 15.2. The van der Waals surface area contributed by atoms with Crippen LogP contribution in [-0.2, 0) is 27.9 Å². The lowest BCUT2D eigenvalue weighted by atomic mass is 9.98. The van der Waals surface area contributed by atoms with Gasteiger partial charge in [0.2, 0.25) is 15.9 Å². The minimum absolute atomic E-state index is 0.0382. The summed E-state index contributed by atoms with van der Waals surface area (Å²) in [6, 6.07) is 8.29. The fourth-order valence-electron chi connectivity index (χ4n) is 4.16. The Labute approximate surface area is 169 Å². The molecule has 28 heavy (non-hydrogen) atoms. The smallest absolute Gasteiger partial charge is 0.224 e. The molecule has 0 spiro atoms. The minimum atomic E-state index is -3.23. The monoisotopic (exact) mass is 407 g/mol. The lowest BCUT2D eigenvalue weighted by Crippen LogP contribution is -2.45. The van der Waals surface area contributed by atoms with Gasteiger partial charge in [-0.2, -0.15) is 0 Å². The van der Waals surface area contributed by atoms with Crippen molar-refractivity contribution in [1.29, 1.82) is 0 Å². The molecule has 3 rings (SSSR count). The van der Waals surface area contributed by atoms with Gasteiger partial charge in [0.1, 0.15) is 0 Å². The number of likely N-dealkylation sites (tertiary alicyclic amines) is 1. The van der Waals surface area contributed by atoms with Crippen molar-refractivity contribution in [2.75, 3.05) is 31.9 Å². The molecule has 2 aliphatic heterocycles. The number of hydrogen-bond acceptors (Lipinski definition) is 4. The fraction of sp³-hybridized carbons (Fsp3) is 0.667. The summed E-state index contributed by atoms with van der Waals surface area (Å²) in [5, 5.41) is 3.06. The molecule has 7 heteroatoms. The zero-order chi connectivity index (χ0) is 20.0. The highest BCUT2D eigenvalue weighted by Crippen LogP contribution is 2.20. The predicted molar refractivity (Wildman–Crippen MR) is 111 cm³/mol. The van der Waals surface area contributed by atoms with Crippen molar-refractivity contribution in [3.8, 4) is 0 Å². The first kappa shape index (κ1) is 21.3. The van der Waals surface area contributed by atoms with E-state index >= 15 is 0 Å². The van der Waals surface area contributed by atoms with Gasteiger partial charge in [0.25, 0.3) is 0 Å². The summed E-state index contributed by atoms with van der Waals surface area (Å²) in [5.41, 5.74) is 2.42. The molecule has 2 saturated heterocycles. The van der Waals surface area contributed by atoms with Crippen molar-refractivity contribution >= 4 is 15.9 Å². The van der Waals surface area contributed by atoms with Gasteiger partial charge in [-0.3, -0.25) is 9.69 Å². The van der Waals surface area contributed by atoms with Crippen molar-refractivity contribution in [2.24, 2.45) is 5.92 Å². The molecular weight excluding hydrogens is 374 g/mol. The Balaban J connectivity index is 1.57. The molecule has 0 radical (unpaired) electrons. The number of sulfonamides is 1. The first-order chi connectivity index (χ1) is 13.5. The van der Waals surface area contributed by atoms with E-state index in [1.54, 1.807) is 6.92 Å². The van der Waals surface area contributed by atoms with Crippen LogP contribution in [0.15, 0.2) is 24.3 Å². The molecule has 0 aromatic heterocycles. The van der Waals surface area contributed by atoms with Gasteiger partial charge in [0.15, 0.2) is 0 Å². The fourth-order valence-corrected chi connectivity index (χ4v) is 5.34. The summed E-state index contributed by atoms with van der Waals surface area (Å²) in [6.07, 6.45) is 5.33. The molecule has 1 amide bonds. The number of piperidine rings is 2. The molecule has 0 unspecified atom stereocenters. The molecule has 1 aromatic carbocycles. The first-order valence-corrected chi connectivity index (χ1v) is 12.1. The molecular formula is C21H33N3O3S. The second-order valence-electron chi connectivity index (χ2n) is 7.92. The number of rotatable bonds is 7. The molecule has 0 aliphatic carbocycles. The van der Waals surface area contributed by atoms with Crippen LogP contribution in [0.1, 0.15) is 50.2 Å². The van der Waals surface area contributed by atoms with E-state index in [9.17, 15) is 13.2 Å². The number of hydrogen-bond donors (Lipinski definition) is 1. The van der Waals surface area contributed by atoms with E-state index in [1.807, 2.05) is 6.07 Å². The number of amides is 1. The van der Waals surface area contributed by atoms with Gasteiger partial charge < -0.3 is 5.32 Å². The van der Waals surface area contributed by atoms with E-state index in [0.29, 0.717) is 19.6 Å². The molecule has 2 fully saturated rings. The summed E-state index contributed by atoms with van der Waals surface area (Å²) in [7, 11) is -3.23. The van der Waals surface area contributed by atoms with E-state index in [4.69, 9.17) is 0 Å². The third-order valence-electron chi connectivity index (χ3n) is 5.93. The van der Waals surface area contributed by atoms with Gasteiger partial charge in [-0.05, 0) is 56.8 Å². The van der Waals surface area contributed by atoms with Crippen LogP contribution in [0.2, 0.25) is 0 Å². The van der Waals surface area contributed by atoms with Crippen LogP contribution in [0, 0.1) is 5.92 Å². The van der Waals surface area contributed by atoms with Crippen LogP contribution in [0.25, 0.3) is 0 Å². The highest BCUT2D eigenvalue weighted by Gasteiger charge is 2.31.